The van der Waals surface area contributed by atoms with Crippen molar-refractivity contribution >= 4 is 5.82 Å². The molecule has 1 N–H and O–H groups in total. The molecule has 1 aromatic heterocycles. The molecule has 1 aliphatic heterocycles. The van der Waals surface area contributed by atoms with Crippen molar-refractivity contribution in [2.75, 3.05) is 24.5 Å². The highest BCUT2D eigenvalue weighted by molar-refractivity contribution is 5.39. The minimum absolute atomic E-state index is 0.932. The number of pyridine rings is 1. The molecule has 1 aromatic rings. The van der Waals surface area contributed by atoms with Gasteiger partial charge in [-0.3, -0.25) is 0 Å². The third-order valence-electron chi connectivity index (χ3n) is 3.50. The second kappa shape index (κ2) is 7.37. The zero-order valence-corrected chi connectivity index (χ0v) is 11.5. The predicted octanol–water partition coefficient (Wildman–Crippen LogP) is 2.96. The van der Waals surface area contributed by atoms with Gasteiger partial charge >= 0.3 is 0 Å². The van der Waals surface area contributed by atoms with Crippen LogP contribution < -0.4 is 10.2 Å². The third-order valence-corrected chi connectivity index (χ3v) is 3.50. The molecular formula is C15H25N3. The molecule has 2 heterocycles. The fourth-order valence-electron chi connectivity index (χ4n) is 2.42. The van der Waals surface area contributed by atoms with Gasteiger partial charge in [-0.2, -0.15) is 0 Å². The van der Waals surface area contributed by atoms with Crippen LogP contribution in [-0.2, 0) is 6.54 Å². The van der Waals surface area contributed by atoms with Crippen LogP contribution in [0.5, 0.6) is 0 Å². The van der Waals surface area contributed by atoms with Crippen LogP contribution in [0.3, 0.4) is 0 Å². The van der Waals surface area contributed by atoms with Gasteiger partial charge in [0.25, 0.3) is 0 Å². The molecule has 1 aliphatic rings. The van der Waals surface area contributed by atoms with Crippen LogP contribution in [0, 0.1) is 0 Å². The van der Waals surface area contributed by atoms with Gasteiger partial charge in [-0.15, -0.1) is 0 Å². The molecule has 100 valence electrons. The summed E-state index contributed by atoms with van der Waals surface area (Å²) in [5, 5.41) is 3.41. The van der Waals surface area contributed by atoms with Crippen molar-refractivity contribution in [2.24, 2.45) is 0 Å². The summed E-state index contributed by atoms with van der Waals surface area (Å²) in [6, 6.07) is 4.38. The first-order valence-electron chi connectivity index (χ1n) is 7.30. The maximum absolute atomic E-state index is 4.61. The number of nitrogens with one attached hydrogen (secondary N) is 1. The average Bonchev–Trinajstić information content (AvgIpc) is 2.69. The first-order chi connectivity index (χ1) is 8.90. The summed E-state index contributed by atoms with van der Waals surface area (Å²) in [6.07, 6.45) is 8.55. The van der Waals surface area contributed by atoms with Crippen molar-refractivity contribution in [1.82, 2.24) is 10.3 Å². The van der Waals surface area contributed by atoms with Crippen LogP contribution in [0.15, 0.2) is 18.3 Å². The Bertz CT molecular complexity index is 326. The standard InChI is InChI=1S/C15H25N3/c1-2-9-16-12-14-7-8-15(17-13-14)18-10-5-3-4-6-11-18/h7-8,13,16H,2-6,9-12H2,1H3. The van der Waals surface area contributed by atoms with Crippen LogP contribution in [0.4, 0.5) is 5.82 Å². The Kier molecular flexibility index (Phi) is 5.46. The lowest BCUT2D eigenvalue weighted by Gasteiger charge is -2.21. The summed E-state index contributed by atoms with van der Waals surface area (Å²) < 4.78 is 0. The van der Waals surface area contributed by atoms with Crippen LogP contribution in [0.2, 0.25) is 0 Å². The molecule has 1 saturated heterocycles. The van der Waals surface area contributed by atoms with Gasteiger partial charge in [-0.25, -0.2) is 4.98 Å². The van der Waals surface area contributed by atoms with E-state index in [4.69, 9.17) is 0 Å². The van der Waals surface area contributed by atoms with Gasteiger partial charge < -0.3 is 10.2 Å². The largest absolute Gasteiger partial charge is 0.357 e. The van der Waals surface area contributed by atoms with Crippen molar-refractivity contribution in [2.45, 2.75) is 45.6 Å². The van der Waals surface area contributed by atoms with Gasteiger partial charge in [0, 0.05) is 25.8 Å². The summed E-state index contributed by atoms with van der Waals surface area (Å²) in [5.41, 5.74) is 1.28. The molecule has 0 atom stereocenters. The van der Waals surface area contributed by atoms with Gasteiger partial charge in [-0.1, -0.05) is 25.8 Å². The Labute approximate surface area is 111 Å². The molecule has 0 unspecified atom stereocenters. The van der Waals surface area contributed by atoms with E-state index >= 15 is 0 Å². The zero-order chi connectivity index (χ0) is 12.6. The van der Waals surface area contributed by atoms with Gasteiger partial charge in [0.15, 0.2) is 0 Å². The molecule has 0 amide bonds. The quantitative estimate of drug-likeness (QED) is 0.811. The molecule has 18 heavy (non-hydrogen) atoms. The molecule has 3 heteroatoms. The first kappa shape index (κ1) is 13.3. The third kappa shape index (κ3) is 3.98. The highest BCUT2D eigenvalue weighted by Gasteiger charge is 2.10. The predicted molar refractivity (Wildman–Crippen MR) is 76.9 cm³/mol. The van der Waals surface area contributed by atoms with Gasteiger partial charge in [0.2, 0.25) is 0 Å². The number of hydrogen-bond donors (Lipinski definition) is 1. The summed E-state index contributed by atoms with van der Waals surface area (Å²) in [7, 11) is 0. The number of anilines is 1. The maximum Gasteiger partial charge on any atom is 0.128 e. The van der Waals surface area contributed by atoms with E-state index in [1.165, 1.54) is 50.8 Å². The highest BCUT2D eigenvalue weighted by Crippen LogP contribution is 2.17. The molecule has 3 nitrogen and oxygen atoms in total. The number of nitrogens with zero attached hydrogens (tertiary/aromatic N) is 2. The topological polar surface area (TPSA) is 28.2 Å². The lowest BCUT2D eigenvalue weighted by atomic mass is 10.2. The summed E-state index contributed by atoms with van der Waals surface area (Å²) in [4.78, 5) is 7.04. The van der Waals surface area contributed by atoms with Gasteiger partial charge in [0.1, 0.15) is 5.82 Å². The Morgan fingerprint density at radius 3 is 2.56 bits per heavy atom. The molecule has 0 bridgehead atoms. The van der Waals surface area contributed by atoms with Crippen molar-refractivity contribution in [3.63, 3.8) is 0 Å². The lowest BCUT2D eigenvalue weighted by molar-refractivity contribution is 0.673. The zero-order valence-electron chi connectivity index (χ0n) is 11.5. The second-order valence-corrected chi connectivity index (χ2v) is 5.10. The smallest absolute Gasteiger partial charge is 0.128 e. The van der Waals surface area contributed by atoms with E-state index in [9.17, 15) is 0 Å². The van der Waals surface area contributed by atoms with Crippen LogP contribution in [-0.4, -0.2) is 24.6 Å². The minimum atomic E-state index is 0.932. The second-order valence-electron chi connectivity index (χ2n) is 5.10. The van der Waals surface area contributed by atoms with E-state index < -0.39 is 0 Å². The van der Waals surface area contributed by atoms with Gasteiger partial charge in [0.05, 0.1) is 0 Å². The van der Waals surface area contributed by atoms with Crippen LogP contribution in [0.1, 0.15) is 44.6 Å². The Morgan fingerprint density at radius 1 is 1.17 bits per heavy atom. The molecular weight excluding hydrogens is 222 g/mol. The Morgan fingerprint density at radius 2 is 1.94 bits per heavy atom. The van der Waals surface area contributed by atoms with Crippen LogP contribution in [0.25, 0.3) is 0 Å². The maximum atomic E-state index is 4.61. The summed E-state index contributed by atoms with van der Waals surface area (Å²) in [6.45, 7) is 6.53. The fraction of sp³-hybridized carbons (Fsp3) is 0.667. The molecule has 0 aliphatic carbocycles. The van der Waals surface area contributed by atoms with E-state index in [1.54, 1.807) is 0 Å². The van der Waals surface area contributed by atoms with Crippen molar-refractivity contribution in [1.29, 1.82) is 0 Å². The minimum Gasteiger partial charge on any atom is -0.357 e. The van der Waals surface area contributed by atoms with Crippen molar-refractivity contribution < 1.29 is 0 Å². The van der Waals surface area contributed by atoms with E-state index in [-0.39, 0.29) is 0 Å². The normalized spacial score (nSPS) is 16.6. The van der Waals surface area contributed by atoms with Gasteiger partial charge in [-0.05, 0) is 37.4 Å². The molecule has 0 saturated carbocycles. The van der Waals surface area contributed by atoms with Crippen LogP contribution >= 0.6 is 0 Å². The van der Waals surface area contributed by atoms with Crippen molar-refractivity contribution in [3.8, 4) is 0 Å². The Hall–Kier alpha value is -1.09. The number of hydrogen-bond acceptors (Lipinski definition) is 3. The van der Waals surface area contributed by atoms with E-state index in [0.29, 0.717) is 0 Å². The molecule has 1 fully saturated rings. The molecule has 2 rings (SSSR count). The molecule has 0 spiro atoms. The summed E-state index contributed by atoms with van der Waals surface area (Å²) in [5.74, 6) is 1.15. The average molecular weight is 247 g/mol. The molecule has 0 radical (unpaired) electrons. The fourth-order valence-corrected chi connectivity index (χ4v) is 2.42. The number of rotatable bonds is 5. The molecule has 0 aromatic carbocycles. The van der Waals surface area contributed by atoms with E-state index in [0.717, 1.165) is 18.9 Å². The van der Waals surface area contributed by atoms with Crippen molar-refractivity contribution in [3.05, 3.63) is 23.9 Å². The highest BCUT2D eigenvalue weighted by atomic mass is 15.2. The van der Waals surface area contributed by atoms with E-state index in [1.807, 2.05) is 6.20 Å². The monoisotopic (exact) mass is 247 g/mol. The first-order valence-corrected chi connectivity index (χ1v) is 7.30. The Balaban J connectivity index is 1.89. The lowest BCUT2D eigenvalue weighted by Crippen LogP contribution is -2.24. The summed E-state index contributed by atoms with van der Waals surface area (Å²) >= 11 is 0. The number of aromatic nitrogens is 1. The van der Waals surface area contributed by atoms with E-state index in [2.05, 4.69) is 34.3 Å². The SMILES string of the molecule is CCCNCc1ccc(N2CCCCCC2)nc1.